The number of ether oxygens (including phenoxy) is 1. The van der Waals surface area contributed by atoms with Crippen LogP contribution in [0.3, 0.4) is 0 Å². The van der Waals surface area contributed by atoms with Crippen LogP contribution in [0.2, 0.25) is 5.02 Å². The Hall–Kier alpha value is -1.75. The smallest absolute Gasteiger partial charge is 0.255 e. The van der Waals surface area contributed by atoms with Crippen molar-refractivity contribution >= 4 is 29.9 Å². The van der Waals surface area contributed by atoms with Crippen LogP contribution in [0.5, 0.6) is 5.75 Å². The highest BCUT2D eigenvalue weighted by molar-refractivity contribution is 6.31. The van der Waals surface area contributed by atoms with Gasteiger partial charge in [-0.25, -0.2) is 0 Å². The Morgan fingerprint density at radius 2 is 1.81 bits per heavy atom. The number of carbonyl (C=O) groups excluding carboxylic acids is 1. The maximum absolute atomic E-state index is 12.7. The van der Waals surface area contributed by atoms with Gasteiger partial charge in [0.1, 0.15) is 5.75 Å². The molecule has 1 fully saturated rings. The number of hydrogen-bond donors (Lipinski definition) is 1. The monoisotopic (exact) mass is 408 g/mol. The van der Waals surface area contributed by atoms with Crippen LogP contribution in [0.1, 0.15) is 41.7 Å². The summed E-state index contributed by atoms with van der Waals surface area (Å²) in [6.45, 7) is 5.02. The van der Waals surface area contributed by atoms with Gasteiger partial charge in [-0.15, -0.1) is 12.4 Å². The average molecular weight is 409 g/mol. The van der Waals surface area contributed by atoms with Crippen molar-refractivity contribution in [1.82, 2.24) is 10.2 Å². The van der Waals surface area contributed by atoms with E-state index >= 15 is 0 Å². The lowest BCUT2D eigenvalue weighted by Crippen LogP contribution is -2.37. The first-order valence-electron chi connectivity index (χ1n) is 9.19. The molecule has 1 aliphatic rings. The molecule has 1 heterocycles. The quantitative estimate of drug-likeness (QED) is 0.719. The van der Waals surface area contributed by atoms with Crippen LogP contribution in [-0.4, -0.2) is 37.0 Å². The summed E-state index contributed by atoms with van der Waals surface area (Å²) in [5, 5.41) is 3.83. The predicted molar refractivity (Wildman–Crippen MR) is 112 cm³/mol. The van der Waals surface area contributed by atoms with Gasteiger partial charge in [-0.2, -0.15) is 0 Å². The van der Waals surface area contributed by atoms with Crippen molar-refractivity contribution in [3.63, 3.8) is 0 Å². The zero-order valence-corrected chi connectivity index (χ0v) is 17.1. The van der Waals surface area contributed by atoms with E-state index in [-0.39, 0.29) is 24.4 Å². The summed E-state index contributed by atoms with van der Waals surface area (Å²) >= 11 is 6.44. The number of hydrogen-bond acceptors (Lipinski definition) is 3. The minimum absolute atomic E-state index is 0. The minimum Gasteiger partial charge on any atom is -0.493 e. The Labute approximate surface area is 172 Å². The van der Waals surface area contributed by atoms with E-state index in [0.717, 1.165) is 23.7 Å². The number of likely N-dealkylation sites (tertiary alicyclic amines) is 1. The molecule has 3 rings (SSSR count). The highest BCUT2D eigenvalue weighted by Gasteiger charge is 2.26. The first kappa shape index (κ1) is 21.5. The lowest BCUT2D eigenvalue weighted by molar-refractivity contribution is 0.0934. The second kappa shape index (κ2) is 10.5. The summed E-state index contributed by atoms with van der Waals surface area (Å²) < 4.78 is 5.58. The first-order chi connectivity index (χ1) is 12.7. The number of amides is 1. The third-order valence-electron chi connectivity index (χ3n) is 4.73. The summed E-state index contributed by atoms with van der Waals surface area (Å²) in [4.78, 5) is 15.1. The molecular weight excluding hydrogens is 383 g/mol. The number of nitrogens with one attached hydrogen (secondary N) is 1. The molecule has 2 aromatic rings. The Balaban J connectivity index is 0.00000261. The van der Waals surface area contributed by atoms with Gasteiger partial charge in [0.05, 0.1) is 18.2 Å². The SMILES string of the molecule is CCOc1ccccc1C(=O)NCC(c1ccccc1Cl)N1CCCC1.Cl. The maximum atomic E-state index is 12.7. The van der Waals surface area contributed by atoms with E-state index in [4.69, 9.17) is 16.3 Å². The van der Waals surface area contributed by atoms with Gasteiger partial charge >= 0.3 is 0 Å². The normalized spacial score (nSPS) is 15.0. The van der Waals surface area contributed by atoms with Gasteiger partial charge in [0.25, 0.3) is 5.91 Å². The molecular formula is C21H26Cl2N2O2. The predicted octanol–water partition coefficient (Wildman–Crippen LogP) is 4.73. The Kier molecular flexibility index (Phi) is 8.42. The Morgan fingerprint density at radius 1 is 1.15 bits per heavy atom. The highest BCUT2D eigenvalue weighted by Crippen LogP contribution is 2.30. The second-order valence-corrected chi connectivity index (χ2v) is 6.83. The molecule has 6 heteroatoms. The van der Waals surface area contributed by atoms with Crippen molar-refractivity contribution in [3.05, 3.63) is 64.7 Å². The lowest BCUT2D eigenvalue weighted by atomic mass is 10.0. The third kappa shape index (κ3) is 5.38. The van der Waals surface area contributed by atoms with E-state index in [1.165, 1.54) is 12.8 Å². The Bertz CT molecular complexity index is 748. The number of rotatable bonds is 7. The standard InChI is InChI=1S/C21H25ClN2O2.ClH/c1-2-26-20-12-6-4-10-17(20)21(25)23-15-19(24-13-7-8-14-24)16-9-3-5-11-18(16)22;/h3-6,9-12,19H,2,7-8,13-15H2,1H3,(H,23,25);1H. The van der Waals surface area contributed by atoms with Gasteiger partial charge in [0.2, 0.25) is 0 Å². The molecule has 1 atom stereocenters. The zero-order chi connectivity index (χ0) is 18.4. The summed E-state index contributed by atoms with van der Waals surface area (Å²) in [5.74, 6) is 0.494. The molecule has 4 nitrogen and oxygen atoms in total. The van der Waals surface area contributed by atoms with Crippen LogP contribution >= 0.6 is 24.0 Å². The van der Waals surface area contributed by atoms with Gasteiger partial charge in [-0.05, 0) is 56.6 Å². The second-order valence-electron chi connectivity index (χ2n) is 6.42. The minimum atomic E-state index is -0.120. The number of halogens is 2. The van der Waals surface area contributed by atoms with E-state index in [1.807, 2.05) is 49.4 Å². The van der Waals surface area contributed by atoms with Gasteiger partial charge in [0, 0.05) is 11.6 Å². The van der Waals surface area contributed by atoms with E-state index in [2.05, 4.69) is 10.2 Å². The van der Waals surface area contributed by atoms with Gasteiger partial charge < -0.3 is 10.1 Å². The molecule has 1 aliphatic heterocycles. The number of carbonyl (C=O) groups is 1. The number of benzene rings is 2. The maximum Gasteiger partial charge on any atom is 0.255 e. The third-order valence-corrected chi connectivity index (χ3v) is 5.08. The molecule has 0 radical (unpaired) electrons. The molecule has 1 amide bonds. The summed E-state index contributed by atoms with van der Waals surface area (Å²) in [5.41, 5.74) is 1.63. The largest absolute Gasteiger partial charge is 0.493 e. The highest BCUT2D eigenvalue weighted by atomic mass is 35.5. The van der Waals surface area contributed by atoms with Gasteiger partial charge in [-0.1, -0.05) is 41.9 Å². The van der Waals surface area contributed by atoms with Crippen LogP contribution in [0.25, 0.3) is 0 Å². The number of nitrogens with zero attached hydrogens (tertiary/aromatic N) is 1. The molecule has 1 saturated heterocycles. The topological polar surface area (TPSA) is 41.6 Å². The molecule has 0 bridgehead atoms. The van der Waals surface area contributed by atoms with Crippen LogP contribution < -0.4 is 10.1 Å². The first-order valence-corrected chi connectivity index (χ1v) is 9.57. The van der Waals surface area contributed by atoms with Gasteiger partial charge in [0.15, 0.2) is 0 Å². The van der Waals surface area contributed by atoms with E-state index < -0.39 is 0 Å². The van der Waals surface area contributed by atoms with Crippen molar-refractivity contribution < 1.29 is 9.53 Å². The fourth-order valence-electron chi connectivity index (χ4n) is 3.45. The fourth-order valence-corrected chi connectivity index (χ4v) is 3.72. The Morgan fingerprint density at radius 3 is 2.52 bits per heavy atom. The molecule has 0 saturated carbocycles. The van der Waals surface area contributed by atoms with Crippen molar-refractivity contribution in [2.75, 3.05) is 26.2 Å². The molecule has 1 unspecified atom stereocenters. The van der Waals surface area contributed by atoms with Crippen molar-refractivity contribution in [1.29, 1.82) is 0 Å². The lowest BCUT2D eigenvalue weighted by Gasteiger charge is -2.29. The summed E-state index contributed by atoms with van der Waals surface area (Å²) in [6, 6.07) is 15.3. The van der Waals surface area contributed by atoms with Crippen LogP contribution in [0.15, 0.2) is 48.5 Å². The van der Waals surface area contributed by atoms with Crippen LogP contribution in [0, 0.1) is 0 Å². The molecule has 1 N–H and O–H groups in total. The molecule has 146 valence electrons. The summed E-state index contributed by atoms with van der Waals surface area (Å²) in [7, 11) is 0. The molecule has 27 heavy (non-hydrogen) atoms. The molecule has 2 aromatic carbocycles. The molecule has 0 aliphatic carbocycles. The van der Waals surface area contributed by atoms with E-state index in [9.17, 15) is 4.79 Å². The average Bonchev–Trinajstić information content (AvgIpc) is 3.18. The van der Waals surface area contributed by atoms with Crippen LogP contribution in [0.4, 0.5) is 0 Å². The van der Waals surface area contributed by atoms with Crippen molar-refractivity contribution in [2.45, 2.75) is 25.8 Å². The van der Waals surface area contributed by atoms with Gasteiger partial charge in [-0.3, -0.25) is 9.69 Å². The summed E-state index contributed by atoms with van der Waals surface area (Å²) in [6.07, 6.45) is 2.37. The molecule has 0 spiro atoms. The van der Waals surface area contributed by atoms with Crippen molar-refractivity contribution in [3.8, 4) is 5.75 Å². The molecule has 0 aromatic heterocycles. The van der Waals surface area contributed by atoms with E-state index in [1.54, 1.807) is 6.07 Å². The van der Waals surface area contributed by atoms with Crippen molar-refractivity contribution in [2.24, 2.45) is 0 Å². The van der Waals surface area contributed by atoms with Crippen LogP contribution in [-0.2, 0) is 0 Å². The fraction of sp³-hybridized carbons (Fsp3) is 0.381. The zero-order valence-electron chi connectivity index (χ0n) is 15.5. The number of para-hydroxylation sites is 1. The van der Waals surface area contributed by atoms with E-state index in [0.29, 0.717) is 24.5 Å².